The minimum absolute atomic E-state index is 0.0544. The van der Waals surface area contributed by atoms with Crippen LogP contribution in [-0.2, 0) is 46.4 Å². The summed E-state index contributed by atoms with van der Waals surface area (Å²) >= 11 is 8.53. The number of nitrogen functional groups attached to an aromatic ring is 1. The van der Waals surface area contributed by atoms with Crippen LogP contribution in [-0.4, -0.2) is 90.7 Å². The zero-order valence-corrected chi connectivity index (χ0v) is 63.4. The lowest BCUT2D eigenvalue weighted by molar-refractivity contribution is -0.385. The number of anilines is 2. The third-order valence-electron chi connectivity index (χ3n) is 15.8. The normalized spacial score (nSPS) is 16.8. The average molecular weight is 1900 g/mol. The number of rotatable bonds is 10. The van der Waals surface area contributed by atoms with Gasteiger partial charge in [0.2, 0.25) is 0 Å². The van der Waals surface area contributed by atoms with Gasteiger partial charge in [0.1, 0.15) is 38.1 Å². The summed E-state index contributed by atoms with van der Waals surface area (Å²) in [4.78, 5) is 37.6. The van der Waals surface area contributed by atoms with Gasteiger partial charge < -0.3 is 19.9 Å². The second-order valence-corrected chi connectivity index (χ2v) is 31.0. The fourth-order valence-electron chi connectivity index (χ4n) is 10.9. The number of fused-ring (bicyclic) bond motifs is 5. The van der Waals surface area contributed by atoms with E-state index in [1.54, 1.807) is 60.8 Å². The molecule has 3 aromatic heterocycles. The van der Waals surface area contributed by atoms with Gasteiger partial charge in [-0.15, -0.1) is 0 Å². The van der Waals surface area contributed by atoms with Crippen LogP contribution in [0.2, 0.25) is 0 Å². The first-order valence-electron chi connectivity index (χ1n) is 30.5. The van der Waals surface area contributed by atoms with Crippen molar-refractivity contribution < 1.29 is 63.4 Å². The second-order valence-electron chi connectivity index (χ2n) is 22.7. The lowest BCUT2D eigenvalue weighted by Gasteiger charge is -2.23. The Hall–Kier alpha value is -7.20. The molecule has 0 aliphatic carbocycles. The number of aromatic nitrogens is 6. The molecule has 5 aliphatic heterocycles. The first kappa shape index (κ1) is 76.4. The van der Waals surface area contributed by atoms with E-state index in [1.807, 2.05) is 32.2 Å². The summed E-state index contributed by atoms with van der Waals surface area (Å²) < 4.78 is 126. The van der Waals surface area contributed by atoms with Crippen LogP contribution in [0.4, 0.5) is 46.0 Å². The number of nitro groups is 3. The summed E-state index contributed by atoms with van der Waals surface area (Å²) in [6.07, 6.45) is 11.0. The van der Waals surface area contributed by atoms with Crippen molar-refractivity contribution in [3.63, 3.8) is 0 Å². The van der Waals surface area contributed by atoms with Crippen molar-refractivity contribution in [2.75, 3.05) is 30.3 Å². The highest BCUT2D eigenvalue weighted by atomic mass is 127. The molecule has 37 heteroatoms. The number of aliphatic imine (C=N–C) groups is 2. The smallest absolute Gasteiger partial charge is 0.270 e. The van der Waals surface area contributed by atoms with Gasteiger partial charge in [0.05, 0.1) is 54.2 Å². The number of halogens is 9. The average Bonchev–Trinajstić information content (AvgIpc) is 1.67. The minimum atomic E-state index is -4.14. The summed E-state index contributed by atoms with van der Waals surface area (Å²) in [5.41, 5.74) is 13.9. The van der Waals surface area contributed by atoms with Gasteiger partial charge in [-0.3, -0.25) is 45.0 Å². The van der Waals surface area contributed by atoms with Crippen LogP contribution in [0, 0.1) is 64.7 Å². The Kier molecular flexibility index (Phi) is 25.7. The molecule has 0 saturated carbocycles. The van der Waals surface area contributed by atoms with Gasteiger partial charge in [-0.05, 0) is 238 Å². The van der Waals surface area contributed by atoms with Crippen molar-refractivity contribution in [2.45, 2.75) is 99.4 Å². The van der Waals surface area contributed by atoms with Crippen molar-refractivity contribution >= 4 is 191 Å². The Labute approximate surface area is 631 Å². The third kappa shape index (κ3) is 19.6. The van der Waals surface area contributed by atoms with E-state index in [2.05, 4.69) is 120 Å². The van der Waals surface area contributed by atoms with Gasteiger partial charge in [0, 0.05) is 124 Å². The summed E-state index contributed by atoms with van der Waals surface area (Å²) in [7, 11) is -3.35. The predicted octanol–water partition coefficient (Wildman–Crippen LogP) is 16.3. The van der Waals surface area contributed by atoms with E-state index < -0.39 is 57.1 Å². The van der Waals surface area contributed by atoms with Gasteiger partial charge in [-0.2, -0.15) is 15.3 Å². The SMILES string of the molecule is Nc1ccc2c(c1)c(I)nn2C1CCCCO1.O=S(=O)(Cl)c1cc(F)cc(F)c1.O=S(=O)(Nc1ccc2c(c1)c(I)nn2C1CCCCO1)c1cc(F)cc(F)c1.O=[N+]([O-])c1ccc2c(c1)C(I)=NC2.O=[N+]([O-])c1ccc2c(c1)C=NC2.O=[N+]([O-])c1ccc2c(c1)c(I)nn2C1CCCCO1. The largest absolute Gasteiger partial charge is 0.399 e. The van der Waals surface area contributed by atoms with Gasteiger partial charge in [0.15, 0.2) is 18.7 Å². The van der Waals surface area contributed by atoms with Crippen LogP contribution in [0.15, 0.2) is 147 Å². The Bertz CT molecular complexity index is 5060. The fourth-order valence-corrected chi connectivity index (χ4v) is 15.4. The van der Waals surface area contributed by atoms with E-state index in [0.29, 0.717) is 47.7 Å². The molecule has 7 aromatic carbocycles. The van der Waals surface area contributed by atoms with Gasteiger partial charge in [-0.25, -0.2) is 48.4 Å². The molecule has 3 N–H and O–H groups in total. The number of nitrogens with two attached hydrogens (primary N) is 1. The first-order chi connectivity index (χ1) is 48.1. The molecule has 3 atom stereocenters. The lowest BCUT2D eigenvalue weighted by atomic mass is 10.1. The van der Waals surface area contributed by atoms with Crippen LogP contribution in [0.3, 0.4) is 0 Å². The number of ether oxygens (including phenoxy) is 3. The topological polar surface area (TPSA) is 342 Å². The summed E-state index contributed by atoms with van der Waals surface area (Å²) in [5.74, 6) is -3.87. The van der Waals surface area contributed by atoms with Crippen molar-refractivity contribution in [1.29, 1.82) is 0 Å². The number of nitrogens with one attached hydrogen (secondary N) is 1. The standard InChI is InChI=1S/C18H16F2IN3O3S.C12H12IN3O3.C12H14IN3O.C8H5IN2O2.C8H6N2O2.C6H3ClF2O2S/c19-11-7-12(20)9-14(8-11)28(25,26)23-13-4-5-16-15(10-13)18(21)22-24(16)17-3-1-2-6-27-17;13-12-9-7-8(16(17)18)4-5-10(9)15(14-12)11-3-1-2-6-19-11;13-12-9-7-8(14)4-5-10(9)16(15-12)11-3-1-2-6-17-11;9-8-7-3-6(11(12)13)2-1-5(7)4-10-8;11-10(12)8-2-1-6-4-9-5-7(6)3-8;7-12(10,11)6-2-4(8)1-5(9)3-6/h4-5,7-10,17,23H,1-3,6H2;4-5,7,11H,1-3,6H2;4-5,7,11H,1-3,6,14H2;1-3H,4H2;1-3,5H,4H2;1-3H. The van der Waals surface area contributed by atoms with E-state index in [-0.39, 0.29) is 51.3 Å². The number of hydrogen-bond donors (Lipinski definition) is 2. The molecule has 0 radical (unpaired) electrons. The van der Waals surface area contributed by atoms with E-state index >= 15 is 0 Å². The van der Waals surface area contributed by atoms with Crippen LogP contribution in [0.1, 0.15) is 98.7 Å². The quantitative estimate of drug-likeness (QED) is 0.0321. The van der Waals surface area contributed by atoms with E-state index in [4.69, 9.17) is 30.6 Å². The molecule has 26 nitrogen and oxygen atoms in total. The first-order valence-corrected chi connectivity index (χ1v) is 38.6. The summed E-state index contributed by atoms with van der Waals surface area (Å²) in [6, 6.07) is 29.4. The van der Waals surface area contributed by atoms with Gasteiger partial charge >= 0.3 is 0 Å². The van der Waals surface area contributed by atoms with Gasteiger partial charge in [0.25, 0.3) is 36.1 Å². The number of sulfonamides is 1. The van der Waals surface area contributed by atoms with E-state index in [9.17, 15) is 64.7 Å². The summed E-state index contributed by atoms with van der Waals surface area (Å²) in [6.45, 7) is 3.55. The molecule has 3 fully saturated rings. The fraction of sp³-hybridized carbons (Fsp3) is 0.266. The maximum Gasteiger partial charge on any atom is 0.270 e. The highest BCUT2D eigenvalue weighted by Gasteiger charge is 2.26. The van der Waals surface area contributed by atoms with Gasteiger partial charge in [-0.1, -0.05) is 0 Å². The molecule has 101 heavy (non-hydrogen) atoms. The highest BCUT2D eigenvalue weighted by molar-refractivity contribution is 14.1. The number of nitro benzene ring substituents is 3. The Morgan fingerprint density at radius 1 is 0.515 bits per heavy atom. The van der Waals surface area contributed by atoms with Crippen LogP contribution >= 0.6 is 101 Å². The molecule has 3 saturated heterocycles. The van der Waals surface area contributed by atoms with Crippen LogP contribution in [0.5, 0.6) is 0 Å². The highest BCUT2D eigenvalue weighted by Crippen LogP contribution is 2.35. The monoisotopic (exact) mass is 1900 g/mol. The Morgan fingerprint density at radius 2 is 0.941 bits per heavy atom. The predicted molar refractivity (Wildman–Crippen MR) is 403 cm³/mol. The molecule has 0 spiro atoms. The maximum atomic E-state index is 13.4. The van der Waals surface area contributed by atoms with Crippen LogP contribution < -0.4 is 10.5 Å². The van der Waals surface area contributed by atoms with Crippen molar-refractivity contribution in [3.8, 4) is 0 Å². The zero-order chi connectivity index (χ0) is 72.4. The molecule has 15 rings (SSSR count). The molecule has 530 valence electrons. The molecule has 8 heterocycles. The Balaban J connectivity index is 0.000000135. The minimum Gasteiger partial charge on any atom is -0.399 e. The van der Waals surface area contributed by atoms with E-state index in [0.717, 1.165) is 148 Å². The van der Waals surface area contributed by atoms with Crippen molar-refractivity contribution in [1.82, 2.24) is 29.3 Å². The zero-order valence-electron chi connectivity index (χ0n) is 52.4. The second kappa shape index (κ2) is 33.9. The third-order valence-corrected chi connectivity index (χ3v) is 21.8. The molecule has 5 aliphatic rings. The molecular formula is C64H56ClF4I4N13O13S2. The molecule has 0 bridgehead atoms. The summed E-state index contributed by atoms with van der Waals surface area (Å²) in [5, 5.41) is 47.9. The van der Waals surface area contributed by atoms with Crippen molar-refractivity contribution in [3.05, 3.63) is 214 Å². The molecular weight excluding hydrogens is 1840 g/mol. The maximum absolute atomic E-state index is 13.4. The van der Waals surface area contributed by atoms with E-state index in [1.165, 1.54) is 24.6 Å². The van der Waals surface area contributed by atoms with Crippen LogP contribution in [0.25, 0.3) is 32.7 Å². The number of hydrogen-bond acceptors (Lipinski definition) is 19. The lowest BCUT2D eigenvalue weighted by Crippen LogP contribution is -2.19. The molecule has 10 aromatic rings. The molecule has 0 amide bonds. The number of benzene rings is 7. The number of nitrogens with zero attached hydrogens (tertiary/aromatic N) is 11. The number of non-ortho nitro benzene ring substituents is 3. The Morgan fingerprint density at radius 3 is 1.42 bits per heavy atom. The van der Waals surface area contributed by atoms with Crippen molar-refractivity contribution in [2.24, 2.45) is 9.98 Å². The molecule has 3 unspecified atom stereocenters.